The third-order valence-corrected chi connectivity index (χ3v) is 5.12. The number of aliphatic imine (C=N–C) groups is 1. The first-order valence-electron chi connectivity index (χ1n) is 10.3. The average molecular weight is 515 g/mol. The van der Waals surface area contributed by atoms with Crippen molar-refractivity contribution in [3.63, 3.8) is 0 Å². The van der Waals surface area contributed by atoms with Crippen LogP contribution in [-0.2, 0) is 26.6 Å². The second-order valence-corrected chi connectivity index (χ2v) is 7.77. The molecule has 0 aliphatic carbocycles. The molecule has 0 bridgehead atoms. The topological polar surface area (TPSA) is 97.8 Å². The summed E-state index contributed by atoms with van der Waals surface area (Å²) in [5.74, 6) is 4.96. The monoisotopic (exact) mass is 515 g/mol. The number of unbranched alkanes of at least 4 members (excludes halogenated alkanes) is 1. The highest BCUT2D eigenvalue weighted by Gasteiger charge is 2.23. The SMILES string of the molecule is CCCCNC(=NCc1nnc(C)n1C)NC1CCc2nc(C(C)C)nn2C1.I. The van der Waals surface area contributed by atoms with Crippen LogP contribution < -0.4 is 10.6 Å². The Kier molecular flexibility index (Phi) is 8.84. The Labute approximate surface area is 190 Å². The molecule has 3 rings (SSSR count). The predicted octanol–water partition coefficient (Wildman–Crippen LogP) is 2.31. The van der Waals surface area contributed by atoms with E-state index in [1.165, 1.54) is 0 Å². The summed E-state index contributed by atoms with van der Waals surface area (Å²) in [4.78, 5) is 9.42. The number of aromatic nitrogens is 6. The lowest BCUT2D eigenvalue weighted by molar-refractivity contribution is 0.391. The molecule has 10 heteroatoms. The third-order valence-electron chi connectivity index (χ3n) is 5.12. The molecule has 9 nitrogen and oxygen atoms in total. The van der Waals surface area contributed by atoms with Crippen LogP contribution >= 0.6 is 24.0 Å². The summed E-state index contributed by atoms with van der Waals surface area (Å²) in [5, 5.41) is 20.0. The van der Waals surface area contributed by atoms with E-state index in [9.17, 15) is 0 Å². The standard InChI is InChI=1S/C19H33N9.HI/c1-6-7-10-20-19(21-11-17-25-24-14(4)27(17)5)22-15-8-9-16-23-18(13(2)3)26-28(16)12-15;/h13,15H,6-12H2,1-5H3,(H2,20,21,22);1H. The van der Waals surface area contributed by atoms with Gasteiger partial charge >= 0.3 is 0 Å². The molecule has 29 heavy (non-hydrogen) atoms. The Morgan fingerprint density at radius 2 is 2.10 bits per heavy atom. The van der Waals surface area contributed by atoms with Crippen molar-refractivity contribution < 1.29 is 0 Å². The fourth-order valence-corrected chi connectivity index (χ4v) is 3.16. The molecule has 162 valence electrons. The van der Waals surface area contributed by atoms with Gasteiger partial charge in [-0.3, -0.25) is 0 Å². The maximum Gasteiger partial charge on any atom is 0.191 e. The number of hydrogen-bond acceptors (Lipinski definition) is 5. The van der Waals surface area contributed by atoms with Crippen LogP contribution in [0.1, 0.15) is 69.2 Å². The molecule has 0 aromatic carbocycles. The minimum absolute atomic E-state index is 0. The van der Waals surface area contributed by atoms with Crippen molar-refractivity contribution in [2.45, 2.75) is 78.4 Å². The van der Waals surface area contributed by atoms with Gasteiger partial charge in [-0.2, -0.15) is 5.10 Å². The van der Waals surface area contributed by atoms with E-state index in [2.05, 4.69) is 51.7 Å². The Bertz CT molecular complexity index is 809. The second-order valence-electron chi connectivity index (χ2n) is 7.77. The van der Waals surface area contributed by atoms with Gasteiger partial charge in [0, 0.05) is 32.0 Å². The minimum atomic E-state index is 0. The van der Waals surface area contributed by atoms with Gasteiger partial charge in [-0.05, 0) is 19.8 Å². The number of nitrogens with zero attached hydrogens (tertiary/aromatic N) is 7. The van der Waals surface area contributed by atoms with E-state index >= 15 is 0 Å². The van der Waals surface area contributed by atoms with Gasteiger partial charge in [-0.25, -0.2) is 14.7 Å². The minimum Gasteiger partial charge on any atom is -0.356 e. The molecule has 0 amide bonds. The van der Waals surface area contributed by atoms with Crippen LogP contribution in [-0.4, -0.2) is 48.1 Å². The maximum atomic E-state index is 4.75. The summed E-state index contributed by atoms with van der Waals surface area (Å²) in [5.41, 5.74) is 0. The van der Waals surface area contributed by atoms with Crippen LogP contribution in [0.15, 0.2) is 4.99 Å². The van der Waals surface area contributed by atoms with Gasteiger partial charge in [0.2, 0.25) is 0 Å². The first kappa shape index (κ1) is 23.6. The molecule has 0 spiro atoms. The summed E-state index contributed by atoms with van der Waals surface area (Å²) >= 11 is 0. The number of nitrogens with one attached hydrogen (secondary N) is 2. The van der Waals surface area contributed by atoms with Crippen molar-refractivity contribution in [3.8, 4) is 0 Å². The van der Waals surface area contributed by atoms with Gasteiger partial charge in [0.05, 0.1) is 6.54 Å². The zero-order valence-electron chi connectivity index (χ0n) is 18.1. The van der Waals surface area contributed by atoms with Crippen LogP contribution in [0.5, 0.6) is 0 Å². The van der Waals surface area contributed by atoms with Crippen molar-refractivity contribution in [1.82, 2.24) is 40.2 Å². The van der Waals surface area contributed by atoms with Crippen LogP contribution in [0.25, 0.3) is 0 Å². The highest BCUT2D eigenvalue weighted by atomic mass is 127. The van der Waals surface area contributed by atoms with Crippen LogP contribution in [0.3, 0.4) is 0 Å². The lowest BCUT2D eigenvalue weighted by Crippen LogP contribution is -2.47. The lowest BCUT2D eigenvalue weighted by atomic mass is 10.1. The van der Waals surface area contributed by atoms with E-state index in [1.54, 1.807) is 0 Å². The Morgan fingerprint density at radius 3 is 2.76 bits per heavy atom. The maximum absolute atomic E-state index is 4.75. The average Bonchev–Trinajstić information content (AvgIpc) is 3.24. The van der Waals surface area contributed by atoms with E-state index in [0.717, 1.165) is 68.0 Å². The Morgan fingerprint density at radius 1 is 1.31 bits per heavy atom. The highest BCUT2D eigenvalue weighted by Crippen LogP contribution is 2.17. The zero-order chi connectivity index (χ0) is 20.1. The molecule has 0 saturated carbocycles. The number of aryl methyl sites for hydroxylation is 2. The fraction of sp³-hybridized carbons (Fsp3) is 0.737. The molecule has 0 saturated heterocycles. The van der Waals surface area contributed by atoms with E-state index in [1.807, 2.05) is 23.2 Å². The van der Waals surface area contributed by atoms with Crippen molar-refractivity contribution in [2.75, 3.05) is 6.54 Å². The highest BCUT2D eigenvalue weighted by molar-refractivity contribution is 14.0. The zero-order valence-corrected chi connectivity index (χ0v) is 20.5. The van der Waals surface area contributed by atoms with Gasteiger partial charge in [-0.15, -0.1) is 34.2 Å². The van der Waals surface area contributed by atoms with Crippen molar-refractivity contribution in [3.05, 3.63) is 23.3 Å². The van der Waals surface area contributed by atoms with Gasteiger partial charge in [0.15, 0.2) is 17.6 Å². The van der Waals surface area contributed by atoms with E-state index < -0.39 is 0 Å². The Balaban J connectivity index is 0.00000300. The van der Waals surface area contributed by atoms with Crippen LogP contribution in [0, 0.1) is 6.92 Å². The molecule has 1 aliphatic rings. The largest absolute Gasteiger partial charge is 0.356 e. The smallest absolute Gasteiger partial charge is 0.191 e. The van der Waals surface area contributed by atoms with Crippen LogP contribution in [0.4, 0.5) is 0 Å². The number of fused-ring (bicyclic) bond motifs is 1. The molecule has 3 heterocycles. The number of guanidine groups is 1. The summed E-state index contributed by atoms with van der Waals surface area (Å²) < 4.78 is 4.02. The number of rotatable bonds is 7. The van der Waals surface area contributed by atoms with Crippen molar-refractivity contribution >= 4 is 29.9 Å². The molecule has 1 aliphatic heterocycles. The molecule has 0 radical (unpaired) electrons. The third kappa shape index (κ3) is 6.13. The second kappa shape index (κ2) is 10.9. The molecule has 2 N–H and O–H groups in total. The molecule has 1 atom stereocenters. The molecule has 2 aromatic rings. The first-order chi connectivity index (χ1) is 13.5. The van der Waals surface area contributed by atoms with Gasteiger partial charge < -0.3 is 15.2 Å². The van der Waals surface area contributed by atoms with Crippen molar-refractivity contribution in [2.24, 2.45) is 12.0 Å². The molecular formula is C19H34IN9. The van der Waals surface area contributed by atoms with E-state index in [-0.39, 0.29) is 30.0 Å². The summed E-state index contributed by atoms with van der Waals surface area (Å²) in [6.45, 7) is 10.6. The Hall–Kier alpha value is -1.72. The normalized spacial score (nSPS) is 16.5. The molecule has 2 aromatic heterocycles. The number of halogens is 1. The van der Waals surface area contributed by atoms with Gasteiger partial charge in [0.1, 0.15) is 18.2 Å². The van der Waals surface area contributed by atoms with Gasteiger partial charge in [0.25, 0.3) is 0 Å². The summed E-state index contributed by atoms with van der Waals surface area (Å²) in [6.07, 6.45) is 4.21. The first-order valence-corrected chi connectivity index (χ1v) is 10.3. The van der Waals surface area contributed by atoms with Crippen LogP contribution in [0.2, 0.25) is 0 Å². The van der Waals surface area contributed by atoms with Crippen molar-refractivity contribution in [1.29, 1.82) is 0 Å². The molecule has 1 unspecified atom stereocenters. The molecular weight excluding hydrogens is 481 g/mol. The van der Waals surface area contributed by atoms with Gasteiger partial charge in [-0.1, -0.05) is 27.2 Å². The molecule has 0 fully saturated rings. The summed E-state index contributed by atoms with van der Waals surface area (Å²) in [7, 11) is 1.97. The number of hydrogen-bond donors (Lipinski definition) is 2. The predicted molar refractivity (Wildman–Crippen MR) is 125 cm³/mol. The summed E-state index contributed by atoms with van der Waals surface area (Å²) in [6, 6.07) is 0.281. The lowest BCUT2D eigenvalue weighted by Gasteiger charge is -2.25. The van der Waals surface area contributed by atoms with E-state index in [4.69, 9.17) is 4.99 Å². The fourth-order valence-electron chi connectivity index (χ4n) is 3.16. The van der Waals surface area contributed by atoms with E-state index in [0.29, 0.717) is 12.5 Å². The quantitative estimate of drug-likeness (QED) is 0.254.